The van der Waals surface area contributed by atoms with Gasteiger partial charge in [0.15, 0.2) is 5.69 Å². The van der Waals surface area contributed by atoms with Gasteiger partial charge in [-0.1, -0.05) is 6.07 Å². The Kier molecular flexibility index (Phi) is 2.46. The number of nitrogens with two attached hydrogens (primary N) is 1. The van der Waals surface area contributed by atoms with Gasteiger partial charge in [-0.15, -0.1) is 0 Å². The second-order valence-electron chi connectivity index (χ2n) is 6.35. The highest BCUT2D eigenvalue weighted by Gasteiger charge is 2.27. The smallest absolute Gasteiger partial charge is 0.269 e. The van der Waals surface area contributed by atoms with E-state index in [1.54, 1.807) is 0 Å². The predicted octanol–water partition coefficient (Wildman–Crippen LogP) is 2.77. The van der Waals surface area contributed by atoms with Crippen molar-refractivity contribution >= 4 is 16.8 Å². The van der Waals surface area contributed by atoms with Crippen LogP contribution in [0.2, 0.25) is 0 Å². The Morgan fingerprint density at radius 1 is 1.37 bits per heavy atom. The zero-order valence-corrected chi connectivity index (χ0v) is 11.6. The van der Waals surface area contributed by atoms with Crippen LogP contribution in [-0.2, 0) is 5.54 Å². The maximum Gasteiger partial charge on any atom is 0.269 e. The Bertz CT molecular complexity index is 660. The first kappa shape index (κ1) is 12.2. The predicted molar refractivity (Wildman–Crippen MR) is 75.2 cm³/mol. The van der Waals surface area contributed by atoms with Gasteiger partial charge in [0.1, 0.15) is 0 Å². The van der Waals surface area contributed by atoms with Gasteiger partial charge >= 0.3 is 0 Å². The standard InChI is InChI=1S/C15H19N3O/c1-15(2,3)18-12-7-6-10(9-4-5-9)8-11(12)13(17-18)14(16)19/h6-9H,4-5H2,1-3H3,(H2,16,19). The summed E-state index contributed by atoms with van der Waals surface area (Å²) >= 11 is 0. The molecule has 0 atom stereocenters. The van der Waals surface area contributed by atoms with Crippen LogP contribution in [0.3, 0.4) is 0 Å². The Labute approximate surface area is 112 Å². The Morgan fingerprint density at radius 2 is 2.05 bits per heavy atom. The number of hydrogen-bond donors (Lipinski definition) is 1. The van der Waals surface area contributed by atoms with E-state index in [1.165, 1.54) is 18.4 Å². The fourth-order valence-electron chi connectivity index (χ4n) is 2.50. The molecule has 0 aliphatic heterocycles. The lowest BCUT2D eigenvalue weighted by molar-refractivity contribution is 0.0995. The summed E-state index contributed by atoms with van der Waals surface area (Å²) in [5.41, 5.74) is 7.94. The fourth-order valence-corrected chi connectivity index (χ4v) is 2.50. The monoisotopic (exact) mass is 257 g/mol. The van der Waals surface area contributed by atoms with E-state index in [0.717, 1.165) is 10.9 Å². The van der Waals surface area contributed by atoms with Gasteiger partial charge in [0, 0.05) is 5.39 Å². The normalized spacial score (nSPS) is 15.9. The number of amides is 1. The summed E-state index contributed by atoms with van der Waals surface area (Å²) in [5, 5.41) is 5.30. The SMILES string of the molecule is CC(C)(C)n1nc(C(N)=O)c2cc(C3CC3)ccc21. The molecule has 1 amide bonds. The van der Waals surface area contributed by atoms with E-state index >= 15 is 0 Å². The molecule has 1 aromatic heterocycles. The molecule has 0 spiro atoms. The summed E-state index contributed by atoms with van der Waals surface area (Å²) in [6.45, 7) is 6.21. The molecule has 1 heterocycles. The molecule has 3 rings (SSSR count). The Hall–Kier alpha value is -1.84. The summed E-state index contributed by atoms with van der Waals surface area (Å²) in [7, 11) is 0. The van der Waals surface area contributed by atoms with E-state index in [0.29, 0.717) is 11.6 Å². The van der Waals surface area contributed by atoms with Crippen LogP contribution in [0.1, 0.15) is 55.6 Å². The molecule has 0 bridgehead atoms. The average Bonchev–Trinajstić information content (AvgIpc) is 3.07. The number of nitrogens with zero attached hydrogens (tertiary/aromatic N) is 2. The van der Waals surface area contributed by atoms with Gasteiger partial charge in [0.25, 0.3) is 5.91 Å². The van der Waals surface area contributed by atoms with E-state index in [2.05, 4.69) is 44.1 Å². The second kappa shape index (κ2) is 3.83. The third-order valence-corrected chi connectivity index (χ3v) is 3.62. The van der Waals surface area contributed by atoms with Crippen LogP contribution in [-0.4, -0.2) is 15.7 Å². The average molecular weight is 257 g/mol. The molecule has 4 nitrogen and oxygen atoms in total. The molecule has 19 heavy (non-hydrogen) atoms. The summed E-state index contributed by atoms with van der Waals surface area (Å²) in [6.07, 6.45) is 2.48. The van der Waals surface area contributed by atoms with Gasteiger partial charge in [-0.3, -0.25) is 9.48 Å². The molecule has 4 heteroatoms. The zero-order valence-electron chi connectivity index (χ0n) is 11.6. The van der Waals surface area contributed by atoms with E-state index in [1.807, 2.05) is 4.68 Å². The van der Waals surface area contributed by atoms with Crippen molar-refractivity contribution in [3.63, 3.8) is 0 Å². The van der Waals surface area contributed by atoms with E-state index in [9.17, 15) is 4.79 Å². The molecule has 100 valence electrons. The topological polar surface area (TPSA) is 60.9 Å². The minimum atomic E-state index is -0.457. The summed E-state index contributed by atoms with van der Waals surface area (Å²) in [4.78, 5) is 11.6. The molecule has 0 radical (unpaired) electrons. The minimum absolute atomic E-state index is 0.174. The molecule has 2 N–H and O–H groups in total. The van der Waals surface area contributed by atoms with Crippen molar-refractivity contribution in [2.24, 2.45) is 5.73 Å². The molecule has 1 saturated carbocycles. The quantitative estimate of drug-likeness (QED) is 0.899. The highest BCUT2D eigenvalue weighted by Crippen LogP contribution is 2.41. The number of benzene rings is 1. The van der Waals surface area contributed by atoms with Gasteiger partial charge < -0.3 is 5.73 Å². The van der Waals surface area contributed by atoms with Gasteiger partial charge in [0.05, 0.1) is 11.1 Å². The van der Waals surface area contributed by atoms with Crippen LogP contribution >= 0.6 is 0 Å². The molecule has 1 aliphatic carbocycles. The lowest BCUT2D eigenvalue weighted by atomic mass is 10.1. The third kappa shape index (κ3) is 2.01. The first-order chi connectivity index (χ1) is 8.88. The molecule has 0 saturated heterocycles. The summed E-state index contributed by atoms with van der Waals surface area (Å²) in [5.74, 6) is 0.198. The van der Waals surface area contributed by atoms with E-state index < -0.39 is 5.91 Å². The van der Waals surface area contributed by atoms with Gasteiger partial charge in [-0.2, -0.15) is 5.10 Å². The van der Waals surface area contributed by atoms with Crippen molar-refractivity contribution in [3.8, 4) is 0 Å². The summed E-state index contributed by atoms with van der Waals surface area (Å²) < 4.78 is 1.89. The first-order valence-electron chi connectivity index (χ1n) is 6.71. The lowest BCUT2D eigenvalue weighted by Crippen LogP contribution is -2.24. The third-order valence-electron chi connectivity index (χ3n) is 3.62. The number of carbonyl (C=O) groups excluding carboxylic acids is 1. The maximum atomic E-state index is 11.6. The highest BCUT2D eigenvalue weighted by molar-refractivity contribution is 6.04. The maximum absolute atomic E-state index is 11.6. The Morgan fingerprint density at radius 3 is 2.58 bits per heavy atom. The lowest BCUT2D eigenvalue weighted by Gasteiger charge is -2.20. The fraction of sp³-hybridized carbons (Fsp3) is 0.467. The molecule has 1 aliphatic rings. The van der Waals surface area contributed by atoms with Crippen molar-refractivity contribution in [2.75, 3.05) is 0 Å². The number of hydrogen-bond acceptors (Lipinski definition) is 2. The molecule has 1 fully saturated rings. The largest absolute Gasteiger partial charge is 0.364 e. The van der Waals surface area contributed by atoms with Crippen LogP contribution in [0.25, 0.3) is 10.9 Å². The van der Waals surface area contributed by atoms with Crippen molar-refractivity contribution in [1.82, 2.24) is 9.78 Å². The van der Waals surface area contributed by atoms with Gasteiger partial charge in [0.2, 0.25) is 0 Å². The summed E-state index contributed by atoms with van der Waals surface area (Å²) in [6, 6.07) is 6.30. The number of fused-ring (bicyclic) bond motifs is 1. The van der Waals surface area contributed by atoms with Crippen LogP contribution in [0.4, 0.5) is 0 Å². The highest BCUT2D eigenvalue weighted by atomic mass is 16.1. The Balaban J connectivity index is 2.27. The molecule has 1 aromatic carbocycles. The molecular weight excluding hydrogens is 238 g/mol. The molecule has 0 unspecified atom stereocenters. The van der Waals surface area contributed by atoms with Crippen LogP contribution in [0.5, 0.6) is 0 Å². The number of rotatable bonds is 2. The van der Waals surface area contributed by atoms with Crippen LogP contribution < -0.4 is 5.73 Å². The van der Waals surface area contributed by atoms with Gasteiger partial charge in [-0.05, 0) is 57.2 Å². The number of primary amides is 1. The number of carbonyl (C=O) groups is 1. The van der Waals surface area contributed by atoms with Crippen molar-refractivity contribution in [3.05, 3.63) is 29.5 Å². The molecular formula is C15H19N3O. The van der Waals surface area contributed by atoms with Crippen LogP contribution in [0, 0.1) is 0 Å². The number of aromatic nitrogens is 2. The van der Waals surface area contributed by atoms with E-state index in [-0.39, 0.29) is 5.54 Å². The zero-order chi connectivity index (χ0) is 13.8. The van der Waals surface area contributed by atoms with Crippen LogP contribution in [0.15, 0.2) is 18.2 Å². The molecule has 2 aromatic rings. The first-order valence-corrected chi connectivity index (χ1v) is 6.71. The van der Waals surface area contributed by atoms with Gasteiger partial charge in [-0.25, -0.2) is 0 Å². The minimum Gasteiger partial charge on any atom is -0.364 e. The second-order valence-corrected chi connectivity index (χ2v) is 6.35. The van der Waals surface area contributed by atoms with Crippen molar-refractivity contribution in [1.29, 1.82) is 0 Å². The van der Waals surface area contributed by atoms with Crippen molar-refractivity contribution < 1.29 is 4.79 Å². The van der Waals surface area contributed by atoms with E-state index in [4.69, 9.17) is 5.73 Å². The van der Waals surface area contributed by atoms with Crippen molar-refractivity contribution in [2.45, 2.75) is 45.1 Å².